The molecule has 18 nitrogen and oxygen atoms in total. The fourth-order valence-corrected chi connectivity index (χ4v) is 6.20. The Morgan fingerprint density at radius 1 is 1.06 bits per heavy atom. The first kappa shape index (κ1) is 26.1. The van der Waals surface area contributed by atoms with Gasteiger partial charge in [0.05, 0.1) is 31.9 Å². The molecule has 186 valence electrons. The van der Waals surface area contributed by atoms with Crippen LogP contribution >= 0.6 is 23.5 Å². The summed E-state index contributed by atoms with van der Waals surface area (Å²) >= 11 is 0. The van der Waals surface area contributed by atoms with Crippen LogP contribution in [0.15, 0.2) is 6.20 Å². The van der Waals surface area contributed by atoms with Crippen LogP contribution in [0.25, 0.3) is 11.0 Å². The van der Waals surface area contributed by atoms with Gasteiger partial charge in [-0.05, 0) is 0 Å². The Hall–Kier alpha value is -1.49. The molecule has 1 saturated heterocycles. The van der Waals surface area contributed by atoms with Crippen molar-refractivity contribution in [2.45, 2.75) is 24.3 Å². The molecule has 1 fully saturated rings. The zero-order valence-electron chi connectivity index (χ0n) is 16.4. The normalized spacial score (nSPS) is 27.4. The van der Waals surface area contributed by atoms with Gasteiger partial charge in [-0.25, -0.2) is 18.7 Å². The number of nitrogens with one attached hydrogen (secondary N) is 2. The van der Waals surface area contributed by atoms with Crippen molar-refractivity contribution >= 4 is 40.4 Å². The largest absolute Gasteiger partial charge is 0.490 e. The molecule has 0 spiro atoms. The molecule has 0 aromatic carbocycles. The van der Waals surface area contributed by atoms with Crippen molar-refractivity contribution in [1.82, 2.24) is 20.3 Å². The third kappa shape index (κ3) is 6.15. The van der Waals surface area contributed by atoms with Crippen molar-refractivity contribution in [2.24, 2.45) is 0 Å². The van der Waals surface area contributed by atoms with Crippen LogP contribution in [0.3, 0.4) is 0 Å². The second-order valence-corrected chi connectivity index (χ2v) is 11.1. The molecule has 0 aliphatic carbocycles. The number of ether oxygens (including phenoxy) is 1. The summed E-state index contributed by atoms with van der Waals surface area (Å²) in [7, 11) is -15.3. The minimum absolute atomic E-state index is 0.126. The number of phosphoric acid groups is 3. The standard InChI is InChI=1S/C12H20N5O13P3/c1-27-11-8-6(16-12(13)17-11)4(2-14-8)7-10(19)9(18)5(15-7)3-28-32(23,24)30-33(25,26)29-31(20,21)22/h2,5,7,9-10,14-15,18-19H,3H2,1H3,(H,23,24)(H,25,26)(H2,13,16,17)(H2,20,21,22)/t5?,7-,9+,10-/m0/s1. The molecular formula is C12H20N5O13P3. The number of nitrogens with two attached hydrogens (primary N) is 1. The van der Waals surface area contributed by atoms with Crippen LogP contribution in [0, 0.1) is 0 Å². The molecule has 0 saturated carbocycles. The molecule has 2 aromatic heterocycles. The number of phosphoric ester groups is 1. The Bertz CT molecular complexity index is 1170. The van der Waals surface area contributed by atoms with Crippen LogP contribution in [0.5, 0.6) is 5.88 Å². The molecule has 3 unspecified atom stereocenters. The van der Waals surface area contributed by atoms with Gasteiger partial charge >= 0.3 is 23.5 Å². The lowest BCUT2D eigenvalue weighted by Gasteiger charge is -2.19. The lowest BCUT2D eigenvalue weighted by molar-refractivity contribution is 0.0192. The third-order valence-electron chi connectivity index (χ3n) is 4.40. The van der Waals surface area contributed by atoms with E-state index < -0.39 is 54.4 Å². The van der Waals surface area contributed by atoms with E-state index in [1.54, 1.807) is 0 Å². The summed E-state index contributed by atoms with van der Waals surface area (Å²) in [5, 5.41) is 23.5. The van der Waals surface area contributed by atoms with Crippen LogP contribution < -0.4 is 15.8 Å². The number of nitrogens with zero attached hydrogens (tertiary/aromatic N) is 2. The van der Waals surface area contributed by atoms with Gasteiger partial charge in [0.2, 0.25) is 11.8 Å². The van der Waals surface area contributed by atoms with Gasteiger partial charge in [-0.2, -0.15) is 13.6 Å². The number of aliphatic hydroxyl groups is 2. The lowest BCUT2D eigenvalue weighted by Crippen LogP contribution is -2.36. The first-order valence-electron chi connectivity index (χ1n) is 8.71. The van der Waals surface area contributed by atoms with E-state index in [4.69, 9.17) is 20.3 Å². The van der Waals surface area contributed by atoms with Crippen LogP contribution in [0.2, 0.25) is 0 Å². The van der Waals surface area contributed by atoms with Crippen LogP contribution in [-0.4, -0.2) is 76.7 Å². The summed E-state index contributed by atoms with van der Waals surface area (Å²) in [4.78, 5) is 46.6. The second-order valence-electron chi connectivity index (χ2n) is 6.68. The maximum absolute atomic E-state index is 11.9. The molecule has 33 heavy (non-hydrogen) atoms. The van der Waals surface area contributed by atoms with E-state index >= 15 is 0 Å². The van der Waals surface area contributed by atoms with E-state index in [-0.39, 0.29) is 17.3 Å². The third-order valence-corrected chi connectivity index (χ3v) is 8.20. The highest BCUT2D eigenvalue weighted by molar-refractivity contribution is 7.66. The molecule has 0 radical (unpaired) electrons. The van der Waals surface area contributed by atoms with Gasteiger partial charge in [-0.3, -0.25) is 4.52 Å². The van der Waals surface area contributed by atoms with Crippen molar-refractivity contribution < 1.29 is 61.4 Å². The fourth-order valence-electron chi connectivity index (χ4n) is 3.16. The van der Waals surface area contributed by atoms with E-state index in [1.165, 1.54) is 13.3 Å². The number of aromatic amines is 1. The number of hydrogen-bond donors (Lipinski definition) is 9. The van der Waals surface area contributed by atoms with E-state index in [1.807, 2.05) is 0 Å². The Morgan fingerprint density at radius 2 is 1.73 bits per heavy atom. The number of aromatic nitrogens is 3. The summed E-state index contributed by atoms with van der Waals surface area (Å²) in [5.74, 6) is -0.00145. The SMILES string of the molecule is COc1nc(N)nc2c([C@@H]3NC(COP(=O)(O)OP(=O)(O)OP(=O)(O)O)[C@@H](O)[C@H]3O)c[nH]c12. The van der Waals surface area contributed by atoms with Crippen LogP contribution in [0.1, 0.15) is 11.6 Å². The average Bonchev–Trinajstić information content (AvgIpc) is 3.18. The van der Waals surface area contributed by atoms with Gasteiger partial charge in [-0.1, -0.05) is 0 Å². The molecule has 0 bridgehead atoms. The van der Waals surface area contributed by atoms with Crippen molar-refractivity contribution in [3.8, 4) is 5.88 Å². The van der Waals surface area contributed by atoms with E-state index in [0.29, 0.717) is 11.1 Å². The molecule has 10 N–H and O–H groups in total. The van der Waals surface area contributed by atoms with Crippen molar-refractivity contribution in [1.29, 1.82) is 0 Å². The van der Waals surface area contributed by atoms with Crippen molar-refractivity contribution in [3.05, 3.63) is 11.8 Å². The Labute approximate surface area is 184 Å². The monoisotopic (exact) mass is 535 g/mol. The molecule has 3 heterocycles. The summed E-state index contributed by atoms with van der Waals surface area (Å²) < 4.78 is 50.8. The topological polar surface area (TPSA) is 289 Å². The van der Waals surface area contributed by atoms with E-state index in [9.17, 15) is 33.7 Å². The highest BCUT2D eigenvalue weighted by Gasteiger charge is 2.45. The maximum Gasteiger partial charge on any atom is 0.490 e. The van der Waals surface area contributed by atoms with Crippen molar-refractivity contribution in [3.63, 3.8) is 0 Å². The molecule has 3 rings (SSSR count). The highest BCUT2D eigenvalue weighted by atomic mass is 31.3. The quantitative estimate of drug-likeness (QED) is 0.167. The zero-order chi connectivity index (χ0) is 24.8. The average molecular weight is 535 g/mol. The Kier molecular flexibility index (Phi) is 7.34. The number of aliphatic hydroxyl groups excluding tert-OH is 2. The van der Waals surface area contributed by atoms with Gasteiger partial charge in [0, 0.05) is 11.8 Å². The molecule has 0 amide bonds. The minimum atomic E-state index is -5.69. The van der Waals surface area contributed by atoms with E-state index in [2.05, 4.69) is 33.4 Å². The number of fused-ring (bicyclic) bond motifs is 1. The Balaban J connectivity index is 1.73. The molecule has 2 aromatic rings. The van der Waals surface area contributed by atoms with Gasteiger partial charge in [0.25, 0.3) is 0 Å². The van der Waals surface area contributed by atoms with Gasteiger partial charge in [0.15, 0.2) is 0 Å². The molecule has 1 aliphatic heterocycles. The second kappa shape index (κ2) is 9.28. The van der Waals surface area contributed by atoms with Crippen molar-refractivity contribution in [2.75, 3.05) is 19.5 Å². The van der Waals surface area contributed by atoms with Crippen LogP contribution in [0.4, 0.5) is 5.95 Å². The molecule has 21 heteroatoms. The lowest BCUT2D eigenvalue weighted by atomic mass is 10.0. The summed E-state index contributed by atoms with van der Waals surface area (Å²) in [6.07, 6.45) is -1.59. The highest BCUT2D eigenvalue weighted by Crippen LogP contribution is 2.66. The number of rotatable bonds is 9. The number of anilines is 1. The maximum atomic E-state index is 11.9. The zero-order valence-corrected chi connectivity index (χ0v) is 19.1. The predicted octanol–water partition coefficient (Wildman–Crippen LogP) is -1.37. The molecular weight excluding hydrogens is 515 g/mol. The predicted molar refractivity (Wildman–Crippen MR) is 106 cm³/mol. The van der Waals surface area contributed by atoms with Gasteiger partial charge in [0.1, 0.15) is 17.1 Å². The summed E-state index contributed by atoms with van der Waals surface area (Å²) in [5.41, 5.74) is 6.60. The number of H-pyrrole nitrogens is 1. The molecule has 6 atom stereocenters. The Morgan fingerprint density at radius 3 is 2.33 bits per heavy atom. The van der Waals surface area contributed by atoms with Gasteiger partial charge < -0.3 is 50.6 Å². The van der Waals surface area contributed by atoms with Crippen LogP contribution in [-0.2, 0) is 26.8 Å². The fraction of sp³-hybridized carbons (Fsp3) is 0.500. The smallest absolute Gasteiger partial charge is 0.479 e. The first-order chi connectivity index (χ1) is 15.1. The number of methoxy groups -OCH3 is 1. The summed E-state index contributed by atoms with van der Waals surface area (Å²) in [6.45, 7) is -0.846. The first-order valence-corrected chi connectivity index (χ1v) is 13.2. The number of nitrogen functional groups attached to an aromatic ring is 1. The minimum Gasteiger partial charge on any atom is -0.479 e. The number of hydrogen-bond acceptors (Lipinski definition) is 13. The van der Waals surface area contributed by atoms with E-state index in [0.717, 1.165) is 0 Å². The summed E-state index contributed by atoms with van der Waals surface area (Å²) in [6, 6.07) is -2.19. The van der Waals surface area contributed by atoms with Gasteiger partial charge in [-0.15, -0.1) is 0 Å². The molecule has 1 aliphatic rings.